The van der Waals surface area contributed by atoms with Crippen LogP contribution in [0.4, 0.5) is 5.95 Å². The molecule has 2 rings (SSSR count). The number of likely N-dealkylation sites (N-methyl/N-ethyl adjacent to an activating group) is 1. The number of hydrazone groups is 1. The Morgan fingerprint density at radius 2 is 1.94 bits per heavy atom. The molecule has 0 bridgehead atoms. The van der Waals surface area contributed by atoms with Crippen LogP contribution < -0.4 is 20.5 Å². The van der Waals surface area contributed by atoms with Crippen LogP contribution in [0, 0.1) is 0 Å². The lowest BCUT2D eigenvalue weighted by molar-refractivity contribution is -0.132. The summed E-state index contributed by atoms with van der Waals surface area (Å²) >= 11 is 0. The molecular formula is C22H31N5O4. The van der Waals surface area contributed by atoms with E-state index in [1.54, 1.807) is 29.3 Å². The second-order valence-electron chi connectivity index (χ2n) is 7.04. The fraction of sp³-hybridized carbons (Fsp3) is 0.455. The highest BCUT2D eigenvalue weighted by atomic mass is 16.5. The number of H-pyrrole nitrogens is 1. The van der Waals surface area contributed by atoms with Gasteiger partial charge in [-0.1, -0.05) is 13.8 Å². The molecule has 0 unspecified atom stereocenters. The molecule has 9 nitrogen and oxygen atoms in total. The Balaban J connectivity index is 2.10. The number of ether oxygens (including phenoxy) is 2. The van der Waals surface area contributed by atoms with Gasteiger partial charge in [0.15, 0.2) is 18.1 Å². The van der Waals surface area contributed by atoms with Crippen molar-refractivity contribution in [3.8, 4) is 11.5 Å². The van der Waals surface area contributed by atoms with Gasteiger partial charge in [0, 0.05) is 19.2 Å². The highest BCUT2D eigenvalue weighted by molar-refractivity contribution is 5.81. The molecule has 0 radical (unpaired) electrons. The maximum atomic E-state index is 12.2. The van der Waals surface area contributed by atoms with Crippen LogP contribution in [0.5, 0.6) is 11.5 Å². The predicted octanol–water partition coefficient (Wildman–Crippen LogP) is 2.99. The number of aromatic amines is 1. The van der Waals surface area contributed by atoms with Crippen LogP contribution in [0.2, 0.25) is 0 Å². The number of hydrogen-bond acceptors (Lipinski definition) is 7. The van der Waals surface area contributed by atoms with Gasteiger partial charge in [0.25, 0.3) is 11.5 Å². The molecule has 0 atom stereocenters. The molecule has 0 saturated heterocycles. The SMILES string of the molecule is CCOc1cc(/C=N\Nc2nc(C(C)C)cc(=O)[nH]2)ccc1OCC(=O)N(CC)CC. The minimum absolute atomic E-state index is 0.0536. The summed E-state index contributed by atoms with van der Waals surface area (Å²) < 4.78 is 11.3. The highest BCUT2D eigenvalue weighted by Crippen LogP contribution is 2.28. The van der Waals surface area contributed by atoms with E-state index in [2.05, 4.69) is 20.5 Å². The van der Waals surface area contributed by atoms with Gasteiger partial charge < -0.3 is 14.4 Å². The summed E-state index contributed by atoms with van der Waals surface area (Å²) in [5.74, 6) is 1.33. The molecule has 0 aliphatic carbocycles. The number of nitrogens with one attached hydrogen (secondary N) is 2. The van der Waals surface area contributed by atoms with Crippen LogP contribution in [0.15, 0.2) is 34.2 Å². The van der Waals surface area contributed by atoms with Crippen molar-refractivity contribution in [1.29, 1.82) is 0 Å². The lowest BCUT2D eigenvalue weighted by Gasteiger charge is -2.19. The van der Waals surface area contributed by atoms with E-state index in [1.807, 2.05) is 34.6 Å². The maximum absolute atomic E-state index is 12.2. The summed E-state index contributed by atoms with van der Waals surface area (Å²) in [6.45, 7) is 11.3. The Morgan fingerprint density at radius 3 is 2.58 bits per heavy atom. The average molecular weight is 430 g/mol. The smallest absolute Gasteiger partial charge is 0.260 e. The summed E-state index contributed by atoms with van der Waals surface area (Å²) in [5.41, 5.74) is 3.93. The zero-order valence-corrected chi connectivity index (χ0v) is 18.8. The third-order valence-electron chi connectivity index (χ3n) is 4.47. The minimum Gasteiger partial charge on any atom is -0.490 e. The zero-order chi connectivity index (χ0) is 22.8. The van der Waals surface area contributed by atoms with Crippen molar-refractivity contribution >= 4 is 18.1 Å². The Morgan fingerprint density at radius 1 is 1.19 bits per heavy atom. The van der Waals surface area contributed by atoms with Crippen molar-refractivity contribution in [2.75, 3.05) is 31.7 Å². The van der Waals surface area contributed by atoms with Crippen LogP contribution in [0.25, 0.3) is 0 Å². The fourth-order valence-electron chi connectivity index (χ4n) is 2.79. The van der Waals surface area contributed by atoms with E-state index < -0.39 is 0 Å². The third kappa shape index (κ3) is 7.13. The Labute approximate surface area is 182 Å². The number of anilines is 1. The van der Waals surface area contributed by atoms with Crippen molar-refractivity contribution in [3.05, 3.63) is 45.9 Å². The van der Waals surface area contributed by atoms with Gasteiger partial charge in [0.05, 0.1) is 18.5 Å². The number of rotatable bonds is 11. The second-order valence-corrected chi connectivity index (χ2v) is 7.04. The van der Waals surface area contributed by atoms with Crippen molar-refractivity contribution in [1.82, 2.24) is 14.9 Å². The molecule has 0 spiro atoms. The van der Waals surface area contributed by atoms with Crippen molar-refractivity contribution in [2.45, 2.75) is 40.5 Å². The molecule has 31 heavy (non-hydrogen) atoms. The number of amides is 1. The number of carbonyl (C=O) groups excluding carboxylic acids is 1. The largest absolute Gasteiger partial charge is 0.490 e. The first-order valence-corrected chi connectivity index (χ1v) is 10.5. The molecule has 1 aromatic carbocycles. The van der Waals surface area contributed by atoms with Gasteiger partial charge in [0.1, 0.15) is 0 Å². The molecule has 2 N–H and O–H groups in total. The van der Waals surface area contributed by atoms with Gasteiger partial charge in [0.2, 0.25) is 5.95 Å². The quantitative estimate of drug-likeness (QED) is 0.420. The van der Waals surface area contributed by atoms with Crippen molar-refractivity contribution in [2.24, 2.45) is 5.10 Å². The number of hydrogen-bond donors (Lipinski definition) is 2. The van der Waals surface area contributed by atoms with E-state index in [0.29, 0.717) is 36.9 Å². The second kappa shape index (κ2) is 11.7. The van der Waals surface area contributed by atoms with E-state index in [9.17, 15) is 9.59 Å². The summed E-state index contributed by atoms with van der Waals surface area (Å²) in [5, 5.41) is 4.14. The van der Waals surface area contributed by atoms with Gasteiger partial charge in [-0.25, -0.2) is 10.4 Å². The van der Waals surface area contributed by atoms with E-state index >= 15 is 0 Å². The summed E-state index contributed by atoms with van der Waals surface area (Å²) in [4.78, 5) is 32.6. The van der Waals surface area contributed by atoms with Gasteiger partial charge in [-0.2, -0.15) is 5.10 Å². The summed E-state index contributed by atoms with van der Waals surface area (Å²) in [6.07, 6.45) is 1.58. The van der Waals surface area contributed by atoms with Crippen molar-refractivity contribution < 1.29 is 14.3 Å². The Bertz CT molecular complexity index is 951. The van der Waals surface area contributed by atoms with E-state index in [1.165, 1.54) is 6.07 Å². The molecule has 168 valence electrons. The van der Waals surface area contributed by atoms with Crippen LogP contribution in [-0.2, 0) is 4.79 Å². The molecule has 0 fully saturated rings. The van der Waals surface area contributed by atoms with E-state index in [4.69, 9.17) is 9.47 Å². The molecule has 1 aromatic heterocycles. The first-order valence-electron chi connectivity index (χ1n) is 10.5. The topological polar surface area (TPSA) is 109 Å². The Kier molecular flexibility index (Phi) is 9.05. The molecule has 2 aromatic rings. The molecule has 1 heterocycles. The zero-order valence-electron chi connectivity index (χ0n) is 18.8. The van der Waals surface area contributed by atoms with Gasteiger partial charge in [-0.15, -0.1) is 0 Å². The molecule has 0 saturated carbocycles. The predicted molar refractivity (Wildman–Crippen MR) is 121 cm³/mol. The normalized spacial score (nSPS) is 11.0. The lowest BCUT2D eigenvalue weighted by atomic mass is 10.1. The van der Waals surface area contributed by atoms with Crippen LogP contribution in [-0.4, -0.2) is 53.3 Å². The van der Waals surface area contributed by atoms with Crippen LogP contribution in [0.1, 0.15) is 51.8 Å². The Hall–Kier alpha value is -3.36. The first-order chi connectivity index (χ1) is 14.9. The average Bonchev–Trinajstić information content (AvgIpc) is 2.74. The highest BCUT2D eigenvalue weighted by Gasteiger charge is 2.13. The third-order valence-corrected chi connectivity index (χ3v) is 4.47. The van der Waals surface area contributed by atoms with E-state index in [-0.39, 0.29) is 29.9 Å². The van der Waals surface area contributed by atoms with Gasteiger partial charge in [-0.3, -0.25) is 14.6 Å². The maximum Gasteiger partial charge on any atom is 0.260 e. The molecule has 0 aliphatic heterocycles. The van der Waals surface area contributed by atoms with Crippen molar-refractivity contribution in [3.63, 3.8) is 0 Å². The molecule has 1 amide bonds. The molecule has 0 aliphatic rings. The minimum atomic E-state index is -0.240. The first kappa shape index (κ1) is 23.9. The van der Waals surface area contributed by atoms with E-state index in [0.717, 1.165) is 5.56 Å². The fourth-order valence-corrected chi connectivity index (χ4v) is 2.79. The monoisotopic (exact) mass is 429 g/mol. The number of nitrogens with zero attached hydrogens (tertiary/aromatic N) is 3. The van der Waals surface area contributed by atoms with Gasteiger partial charge >= 0.3 is 0 Å². The molecule has 9 heteroatoms. The molecular weight excluding hydrogens is 398 g/mol. The van der Waals surface area contributed by atoms with Gasteiger partial charge in [-0.05, 0) is 50.5 Å². The number of aromatic nitrogens is 2. The number of benzene rings is 1. The standard InChI is InChI=1S/C22H31N5O4/c1-6-27(7-2)21(29)14-31-18-10-9-16(11-19(18)30-8-3)13-23-26-22-24-17(15(4)5)12-20(28)25-22/h9-13,15H,6-8,14H2,1-5H3,(H2,24,25,26,28)/b23-13-. The number of carbonyl (C=O) groups is 1. The lowest BCUT2D eigenvalue weighted by Crippen LogP contribution is -2.34. The summed E-state index contributed by atoms with van der Waals surface area (Å²) in [6, 6.07) is 6.78. The summed E-state index contributed by atoms with van der Waals surface area (Å²) in [7, 11) is 0. The van der Waals surface area contributed by atoms with Crippen LogP contribution >= 0.6 is 0 Å². The van der Waals surface area contributed by atoms with Crippen LogP contribution in [0.3, 0.4) is 0 Å².